The van der Waals surface area contributed by atoms with E-state index in [4.69, 9.17) is 16.0 Å². The summed E-state index contributed by atoms with van der Waals surface area (Å²) in [5, 5.41) is 0.924. The topological polar surface area (TPSA) is 0 Å². The van der Waals surface area contributed by atoms with Gasteiger partial charge in [0.05, 0.1) is 0 Å². The summed E-state index contributed by atoms with van der Waals surface area (Å²) in [6, 6.07) is 0. The van der Waals surface area contributed by atoms with Crippen LogP contribution in [0.15, 0.2) is 0 Å². The molecule has 0 rings (SSSR count). The first kappa shape index (κ1) is 7.52. The molecule has 0 aromatic carbocycles. The van der Waals surface area contributed by atoms with Crippen molar-refractivity contribution in [3.05, 3.63) is 0 Å². The van der Waals surface area contributed by atoms with Crippen LogP contribution in [-0.4, -0.2) is 0 Å². The Balaban J connectivity index is 2.45. The quantitative estimate of drug-likeness (QED) is 0.425. The number of hydrogen-bond donors (Lipinski definition) is 0. The van der Waals surface area contributed by atoms with Gasteiger partial charge in [-0.3, -0.25) is 0 Å². The normalized spacial score (nSPS) is 9.57. The molecule has 0 fully saturated rings. The molecular weight excluding hydrogens is 136 g/mol. The van der Waals surface area contributed by atoms with Crippen LogP contribution in [0.25, 0.3) is 0 Å². The van der Waals surface area contributed by atoms with E-state index in [1.807, 2.05) is 0 Å². The summed E-state index contributed by atoms with van der Waals surface area (Å²) in [5.41, 5.74) is 0. The van der Waals surface area contributed by atoms with Crippen LogP contribution in [-0.2, 0) is 16.0 Å². The summed E-state index contributed by atoms with van der Waals surface area (Å²) in [7, 11) is 0. The molecule has 0 nitrogen and oxygen atoms in total. The molecule has 0 atom stereocenters. The average molecular weight is 149 g/mol. The van der Waals surface area contributed by atoms with Crippen molar-refractivity contribution in [2.24, 2.45) is 0 Å². The SMILES string of the molecule is CCCCC[CH2][Cu]. The molecule has 0 saturated heterocycles. The van der Waals surface area contributed by atoms with E-state index in [0.29, 0.717) is 0 Å². The van der Waals surface area contributed by atoms with Gasteiger partial charge in [-0.15, -0.1) is 0 Å². The Morgan fingerprint density at radius 1 is 1.14 bits per heavy atom. The average Bonchev–Trinajstić information content (AvgIpc) is 1.69. The van der Waals surface area contributed by atoms with Gasteiger partial charge in [0.25, 0.3) is 0 Å². The Morgan fingerprint density at radius 2 is 1.86 bits per heavy atom. The molecule has 1 heteroatoms. The zero-order valence-electron chi connectivity index (χ0n) is 4.84. The predicted molar refractivity (Wildman–Crippen MR) is 28.9 cm³/mol. The van der Waals surface area contributed by atoms with E-state index in [0.717, 1.165) is 5.32 Å². The maximum absolute atomic E-state index is 4.89. The van der Waals surface area contributed by atoms with E-state index in [1.165, 1.54) is 25.7 Å². The molecule has 0 unspecified atom stereocenters. The van der Waals surface area contributed by atoms with Gasteiger partial charge in [0, 0.05) is 0 Å². The van der Waals surface area contributed by atoms with Crippen molar-refractivity contribution < 1.29 is 16.0 Å². The molecule has 0 aromatic heterocycles. The zero-order chi connectivity index (χ0) is 5.54. The second-order valence-corrected chi connectivity index (χ2v) is 2.18. The second-order valence-electron chi connectivity index (χ2n) is 1.71. The molecule has 0 saturated carbocycles. The summed E-state index contributed by atoms with van der Waals surface area (Å²) in [6.45, 7) is 2.21. The van der Waals surface area contributed by atoms with Crippen LogP contribution in [0.2, 0.25) is 5.32 Å². The van der Waals surface area contributed by atoms with Gasteiger partial charge < -0.3 is 0 Å². The first-order chi connectivity index (χ1) is 3.41. The van der Waals surface area contributed by atoms with Crippen LogP contribution < -0.4 is 0 Å². The first-order valence-corrected chi connectivity index (χ1v) is 3.59. The zero-order valence-corrected chi connectivity index (χ0v) is 5.78. The van der Waals surface area contributed by atoms with Crippen LogP contribution in [0.5, 0.6) is 0 Å². The summed E-state index contributed by atoms with van der Waals surface area (Å²) in [4.78, 5) is 0. The Morgan fingerprint density at radius 3 is 2.29 bits per heavy atom. The fourth-order valence-electron chi connectivity index (χ4n) is 0.502. The monoisotopic (exact) mass is 148 g/mol. The molecule has 0 aliphatic heterocycles. The van der Waals surface area contributed by atoms with E-state index in [-0.39, 0.29) is 0 Å². The summed E-state index contributed by atoms with van der Waals surface area (Å²) >= 11 is 4.89. The summed E-state index contributed by atoms with van der Waals surface area (Å²) in [6.07, 6.45) is 5.23. The Hall–Kier alpha value is 0.519. The van der Waals surface area contributed by atoms with Crippen LogP contribution in [0, 0.1) is 0 Å². The van der Waals surface area contributed by atoms with Gasteiger partial charge in [0.15, 0.2) is 0 Å². The van der Waals surface area contributed by atoms with Gasteiger partial charge in [-0.2, -0.15) is 0 Å². The summed E-state index contributed by atoms with van der Waals surface area (Å²) in [5.74, 6) is 0. The van der Waals surface area contributed by atoms with Gasteiger partial charge in [-0.05, 0) is 0 Å². The van der Waals surface area contributed by atoms with E-state index >= 15 is 0 Å². The molecule has 0 N–H and O–H groups in total. The number of unbranched alkanes of at least 4 members (excludes halogenated alkanes) is 3. The molecule has 0 aliphatic carbocycles. The molecule has 0 spiro atoms. The first-order valence-electron chi connectivity index (χ1n) is 2.92. The third kappa shape index (κ3) is 6.52. The molecular formula is C6H13Cu. The van der Waals surface area contributed by atoms with Gasteiger partial charge in [0.1, 0.15) is 0 Å². The molecule has 0 aromatic rings. The second kappa shape index (κ2) is 6.52. The van der Waals surface area contributed by atoms with E-state index in [1.54, 1.807) is 0 Å². The van der Waals surface area contributed by atoms with Crippen molar-refractivity contribution in [1.29, 1.82) is 0 Å². The van der Waals surface area contributed by atoms with Gasteiger partial charge in [0.2, 0.25) is 0 Å². The van der Waals surface area contributed by atoms with E-state index < -0.39 is 0 Å². The Labute approximate surface area is 54.5 Å². The molecule has 0 radical (unpaired) electrons. The summed E-state index contributed by atoms with van der Waals surface area (Å²) < 4.78 is 0. The minimum absolute atomic E-state index is 0.924. The van der Waals surface area contributed by atoms with Crippen molar-refractivity contribution in [1.82, 2.24) is 0 Å². The molecule has 0 aliphatic rings. The minimum atomic E-state index is 0.924. The van der Waals surface area contributed by atoms with Crippen LogP contribution in [0.1, 0.15) is 32.6 Å². The third-order valence-electron chi connectivity index (χ3n) is 0.960. The fraction of sp³-hybridized carbons (Fsp3) is 1.00. The number of rotatable bonds is 4. The van der Waals surface area contributed by atoms with Gasteiger partial charge in [-0.25, -0.2) is 0 Å². The standard InChI is InChI=1S/C6H13.Cu/c1-3-5-6-4-2;/h1,3-6H2,2H3;. The molecule has 0 heterocycles. The van der Waals surface area contributed by atoms with Crippen molar-refractivity contribution in [3.8, 4) is 0 Å². The molecule has 48 valence electrons. The van der Waals surface area contributed by atoms with Crippen LogP contribution in [0.3, 0.4) is 0 Å². The van der Waals surface area contributed by atoms with Gasteiger partial charge >= 0.3 is 53.9 Å². The molecule has 7 heavy (non-hydrogen) atoms. The fourth-order valence-corrected chi connectivity index (χ4v) is 0.738. The van der Waals surface area contributed by atoms with Crippen molar-refractivity contribution in [3.63, 3.8) is 0 Å². The molecule has 0 bridgehead atoms. The predicted octanol–water partition coefficient (Wildman–Crippen LogP) is 2.53. The van der Waals surface area contributed by atoms with E-state index in [9.17, 15) is 0 Å². The van der Waals surface area contributed by atoms with Crippen LogP contribution in [0.4, 0.5) is 0 Å². The van der Waals surface area contributed by atoms with Crippen molar-refractivity contribution in [2.75, 3.05) is 0 Å². The molecule has 0 amide bonds. The van der Waals surface area contributed by atoms with Crippen molar-refractivity contribution >= 4 is 0 Å². The third-order valence-corrected chi connectivity index (χ3v) is 1.29. The Bertz CT molecular complexity index is 23.4. The van der Waals surface area contributed by atoms with Crippen molar-refractivity contribution in [2.45, 2.75) is 37.9 Å². The van der Waals surface area contributed by atoms with Crippen LogP contribution >= 0.6 is 0 Å². The number of hydrogen-bond acceptors (Lipinski definition) is 0. The Kier molecular flexibility index (Phi) is 7.00. The maximum atomic E-state index is 4.89. The van der Waals surface area contributed by atoms with E-state index in [2.05, 4.69) is 6.92 Å². The van der Waals surface area contributed by atoms with Gasteiger partial charge in [-0.1, -0.05) is 0 Å².